The molecule has 4 nitrogen and oxygen atoms in total. The van der Waals surface area contributed by atoms with Crippen molar-refractivity contribution in [1.82, 2.24) is 0 Å². The van der Waals surface area contributed by atoms with Crippen LogP contribution < -0.4 is 0 Å². The molecule has 4 atom stereocenters. The van der Waals surface area contributed by atoms with Crippen LogP contribution in [0.1, 0.15) is 53.9 Å². The molecule has 1 aliphatic carbocycles. The lowest BCUT2D eigenvalue weighted by Crippen LogP contribution is -2.37. The van der Waals surface area contributed by atoms with Gasteiger partial charge in [0.25, 0.3) is 0 Å². The first-order valence-electron chi connectivity index (χ1n) is 8.27. The van der Waals surface area contributed by atoms with Crippen LogP contribution in [0.5, 0.6) is 0 Å². The molecule has 0 saturated heterocycles. The normalized spacial score (nSPS) is 27.9. The number of esters is 1. The maximum absolute atomic E-state index is 11.4. The van der Waals surface area contributed by atoms with Crippen LogP contribution in [-0.4, -0.2) is 36.5 Å². The Bertz CT molecular complexity index is 314. The standard InChI is InChI=1S/C17H32O4/c1-11(2)15-7-6-13(5)8-16(15)20-9-14(18)10-21-17(19)12(3)4/h11-16,18H,6-10H2,1-5H3. The summed E-state index contributed by atoms with van der Waals surface area (Å²) in [4.78, 5) is 11.4. The summed E-state index contributed by atoms with van der Waals surface area (Å²) in [6.07, 6.45) is 2.99. The molecule has 124 valence electrons. The highest BCUT2D eigenvalue weighted by atomic mass is 16.5. The molecule has 0 radical (unpaired) electrons. The quantitative estimate of drug-likeness (QED) is 0.734. The van der Waals surface area contributed by atoms with Gasteiger partial charge >= 0.3 is 5.97 Å². The van der Waals surface area contributed by atoms with Gasteiger partial charge in [-0.2, -0.15) is 0 Å². The predicted molar refractivity (Wildman–Crippen MR) is 82.9 cm³/mol. The van der Waals surface area contributed by atoms with Crippen LogP contribution >= 0.6 is 0 Å². The van der Waals surface area contributed by atoms with Gasteiger partial charge in [-0.15, -0.1) is 0 Å². The van der Waals surface area contributed by atoms with Gasteiger partial charge in [0, 0.05) is 0 Å². The summed E-state index contributed by atoms with van der Waals surface area (Å²) in [5, 5.41) is 9.90. The molecule has 0 aromatic carbocycles. The van der Waals surface area contributed by atoms with Crippen LogP contribution in [0.4, 0.5) is 0 Å². The van der Waals surface area contributed by atoms with E-state index in [2.05, 4.69) is 20.8 Å². The molecule has 1 rings (SSSR count). The lowest BCUT2D eigenvalue weighted by molar-refractivity contribution is -0.152. The summed E-state index contributed by atoms with van der Waals surface area (Å²) in [5.41, 5.74) is 0. The van der Waals surface area contributed by atoms with Crippen molar-refractivity contribution in [1.29, 1.82) is 0 Å². The smallest absolute Gasteiger partial charge is 0.308 e. The van der Waals surface area contributed by atoms with Gasteiger partial charge in [-0.3, -0.25) is 4.79 Å². The predicted octanol–water partition coefficient (Wildman–Crippen LogP) is 3.02. The van der Waals surface area contributed by atoms with Crippen molar-refractivity contribution in [3.8, 4) is 0 Å². The first-order valence-corrected chi connectivity index (χ1v) is 8.27. The molecule has 1 saturated carbocycles. The van der Waals surface area contributed by atoms with E-state index in [1.54, 1.807) is 13.8 Å². The largest absolute Gasteiger partial charge is 0.463 e. The molecule has 0 amide bonds. The number of hydrogen-bond donors (Lipinski definition) is 1. The average molecular weight is 300 g/mol. The van der Waals surface area contributed by atoms with Gasteiger partial charge in [0.15, 0.2) is 0 Å². The SMILES string of the molecule is CC1CCC(C(C)C)C(OCC(O)COC(=O)C(C)C)C1. The fraction of sp³-hybridized carbons (Fsp3) is 0.941. The number of carbonyl (C=O) groups is 1. The summed E-state index contributed by atoms with van der Waals surface area (Å²) in [5.74, 6) is 1.40. The molecular weight excluding hydrogens is 268 g/mol. The first kappa shape index (κ1) is 18.4. The third-order valence-corrected chi connectivity index (χ3v) is 4.35. The van der Waals surface area contributed by atoms with E-state index < -0.39 is 6.10 Å². The zero-order valence-electron chi connectivity index (χ0n) is 14.2. The van der Waals surface area contributed by atoms with Gasteiger partial charge in [-0.1, -0.05) is 41.0 Å². The van der Waals surface area contributed by atoms with Crippen LogP contribution in [0.3, 0.4) is 0 Å². The Hall–Kier alpha value is -0.610. The Balaban J connectivity index is 2.35. The number of hydrogen-bond acceptors (Lipinski definition) is 4. The second kappa shape index (κ2) is 8.74. The van der Waals surface area contributed by atoms with Crippen molar-refractivity contribution in [2.45, 2.75) is 66.1 Å². The van der Waals surface area contributed by atoms with E-state index in [1.807, 2.05) is 0 Å². The number of aliphatic hydroxyl groups is 1. The van der Waals surface area contributed by atoms with Gasteiger partial charge in [0.1, 0.15) is 12.7 Å². The minimum absolute atomic E-state index is 0.0195. The van der Waals surface area contributed by atoms with Crippen LogP contribution in [0.25, 0.3) is 0 Å². The van der Waals surface area contributed by atoms with Gasteiger partial charge in [0.05, 0.1) is 18.6 Å². The van der Waals surface area contributed by atoms with Gasteiger partial charge in [-0.25, -0.2) is 0 Å². The minimum Gasteiger partial charge on any atom is -0.463 e. The molecule has 0 aliphatic heterocycles. The van der Waals surface area contributed by atoms with Crippen molar-refractivity contribution in [3.63, 3.8) is 0 Å². The number of rotatable bonds is 7. The summed E-state index contributed by atoms with van der Waals surface area (Å²) in [7, 11) is 0. The summed E-state index contributed by atoms with van der Waals surface area (Å²) < 4.78 is 11.0. The molecule has 0 aromatic heterocycles. The van der Waals surface area contributed by atoms with E-state index in [-0.39, 0.29) is 31.2 Å². The lowest BCUT2D eigenvalue weighted by atomic mass is 9.75. The van der Waals surface area contributed by atoms with Gasteiger partial charge in [0.2, 0.25) is 0 Å². The zero-order chi connectivity index (χ0) is 16.0. The fourth-order valence-corrected chi connectivity index (χ4v) is 2.93. The Labute approximate surface area is 129 Å². The third kappa shape index (κ3) is 6.35. The van der Waals surface area contributed by atoms with Gasteiger partial charge < -0.3 is 14.6 Å². The van der Waals surface area contributed by atoms with Crippen LogP contribution in [0.15, 0.2) is 0 Å². The van der Waals surface area contributed by atoms with E-state index in [0.29, 0.717) is 17.8 Å². The molecular formula is C17H32O4. The zero-order valence-corrected chi connectivity index (χ0v) is 14.2. The molecule has 1 aliphatic rings. The highest BCUT2D eigenvalue weighted by Crippen LogP contribution is 2.35. The Kier molecular flexibility index (Phi) is 7.67. The summed E-state index contributed by atoms with van der Waals surface area (Å²) in [6, 6.07) is 0. The molecule has 21 heavy (non-hydrogen) atoms. The minimum atomic E-state index is -0.738. The summed E-state index contributed by atoms with van der Waals surface area (Å²) >= 11 is 0. The number of ether oxygens (including phenoxy) is 2. The lowest BCUT2D eigenvalue weighted by Gasteiger charge is -2.37. The topological polar surface area (TPSA) is 55.8 Å². The average Bonchev–Trinajstić information content (AvgIpc) is 2.41. The Morgan fingerprint density at radius 2 is 1.86 bits per heavy atom. The van der Waals surface area contributed by atoms with Crippen molar-refractivity contribution in [3.05, 3.63) is 0 Å². The van der Waals surface area contributed by atoms with Crippen molar-refractivity contribution in [2.75, 3.05) is 13.2 Å². The highest BCUT2D eigenvalue weighted by Gasteiger charge is 2.31. The van der Waals surface area contributed by atoms with E-state index in [4.69, 9.17) is 9.47 Å². The van der Waals surface area contributed by atoms with Crippen molar-refractivity contribution in [2.24, 2.45) is 23.7 Å². The molecule has 1 fully saturated rings. The Morgan fingerprint density at radius 1 is 1.19 bits per heavy atom. The third-order valence-electron chi connectivity index (χ3n) is 4.35. The van der Waals surface area contributed by atoms with Gasteiger partial charge in [-0.05, 0) is 30.6 Å². The fourth-order valence-electron chi connectivity index (χ4n) is 2.93. The monoisotopic (exact) mass is 300 g/mol. The van der Waals surface area contributed by atoms with E-state index in [0.717, 1.165) is 6.42 Å². The summed E-state index contributed by atoms with van der Waals surface area (Å²) in [6.45, 7) is 10.5. The molecule has 0 heterocycles. The molecule has 0 bridgehead atoms. The Morgan fingerprint density at radius 3 is 2.43 bits per heavy atom. The van der Waals surface area contributed by atoms with Crippen molar-refractivity contribution < 1.29 is 19.4 Å². The molecule has 1 N–H and O–H groups in total. The van der Waals surface area contributed by atoms with Crippen LogP contribution in [-0.2, 0) is 14.3 Å². The van der Waals surface area contributed by atoms with E-state index in [9.17, 15) is 9.90 Å². The first-order chi connectivity index (χ1) is 9.81. The maximum Gasteiger partial charge on any atom is 0.308 e. The van der Waals surface area contributed by atoms with E-state index in [1.165, 1.54) is 12.8 Å². The molecule has 0 aromatic rings. The molecule has 4 unspecified atom stereocenters. The number of carbonyl (C=O) groups excluding carboxylic acids is 1. The number of aliphatic hydroxyl groups excluding tert-OH is 1. The second-order valence-corrected chi connectivity index (χ2v) is 7.14. The molecule has 0 spiro atoms. The van der Waals surface area contributed by atoms with Crippen LogP contribution in [0, 0.1) is 23.7 Å². The van der Waals surface area contributed by atoms with E-state index >= 15 is 0 Å². The highest BCUT2D eigenvalue weighted by molar-refractivity contribution is 5.71. The molecule has 4 heteroatoms. The maximum atomic E-state index is 11.4. The van der Waals surface area contributed by atoms with Crippen LogP contribution in [0.2, 0.25) is 0 Å². The van der Waals surface area contributed by atoms with Crippen molar-refractivity contribution >= 4 is 5.97 Å². The second-order valence-electron chi connectivity index (χ2n) is 7.14.